The first-order chi connectivity index (χ1) is 25.6. The number of alkyl halides is 3. The van der Waals surface area contributed by atoms with Crippen LogP contribution in [0.2, 0.25) is 0 Å². The third kappa shape index (κ3) is 4.78. The van der Waals surface area contributed by atoms with Crippen LogP contribution in [0.1, 0.15) is 84.0 Å². The smallest absolute Gasteiger partial charge is 0.416 e. The fourth-order valence-corrected chi connectivity index (χ4v) is 9.74. The second-order valence-electron chi connectivity index (χ2n) is 15.7. The van der Waals surface area contributed by atoms with Crippen LogP contribution in [-0.4, -0.2) is 13.1 Å². The average Bonchev–Trinajstić information content (AvgIpc) is 3.43. The standard InChI is InChI=1S/C48H40F3NO/c1-46(2)41-29-32(48(49,50)51)20-23-39(41)43-37-16-8-9-17-38(37)45-40(44(43)46)24-25-47(53-45,31-18-21-33(22-19-31)52-26-10-3-11-27-52)42-28-30-12-4-5-13-34(30)35-14-6-7-15-36(35)42/h5-9,13-25,28-29H,3-4,10-12,26-27H2,1-2H3. The van der Waals surface area contributed by atoms with Crippen molar-refractivity contribution in [2.45, 2.75) is 63.1 Å². The lowest BCUT2D eigenvalue weighted by atomic mass is 9.75. The van der Waals surface area contributed by atoms with Gasteiger partial charge in [0.2, 0.25) is 0 Å². The van der Waals surface area contributed by atoms with E-state index in [9.17, 15) is 13.2 Å². The van der Waals surface area contributed by atoms with E-state index in [2.05, 4.69) is 95.9 Å². The number of ether oxygens (including phenoxy) is 1. The number of nitrogens with zero attached hydrogens (tertiary/aromatic N) is 1. The molecule has 264 valence electrons. The first-order valence-electron chi connectivity index (χ1n) is 18.9. The number of benzene rings is 6. The molecule has 6 aromatic carbocycles. The van der Waals surface area contributed by atoms with Crippen LogP contribution >= 0.6 is 0 Å². The molecule has 10 rings (SSSR count). The second-order valence-corrected chi connectivity index (χ2v) is 15.7. The van der Waals surface area contributed by atoms with Gasteiger partial charge in [-0.05, 0) is 118 Å². The first-order valence-corrected chi connectivity index (χ1v) is 18.9. The number of piperidine rings is 1. The molecule has 4 aliphatic rings. The van der Waals surface area contributed by atoms with Crippen LogP contribution in [0.4, 0.5) is 18.9 Å². The highest BCUT2D eigenvalue weighted by Gasteiger charge is 2.46. The van der Waals surface area contributed by atoms with Crippen molar-refractivity contribution < 1.29 is 17.9 Å². The van der Waals surface area contributed by atoms with E-state index >= 15 is 0 Å². The zero-order chi connectivity index (χ0) is 36.1. The van der Waals surface area contributed by atoms with Gasteiger partial charge < -0.3 is 9.64 Å². The summed E-state index contributed by atoms with van der Waals surface area (Å²) in [7, 11) is 0. The van der Waals surface area contributed by atoms with E-state index in [4.69, 9.17) is 4.74 Å². The highest BCUT2D eigenvalue weighted by Crippen LogP contribution is 2.59. The van der Waals surface area contributed by atoms with Gasteiger partial charge in [0, 0.05) is 46.3 Å². The Kier molecular flexibility index (Phi) is 7.09. The van der Waals surface area contributed by atoms with Crippen molar-refractivity contribution in [3.63, 3.8) is 0 Å². The zero-order valence-electron chi connectivity index (χ0n) is 30.0. The van der Waals surface area contributed by atoms with Crippen molar-refractivity contribution in [3.8, 4) is 16.9 Å². The molecule has 2 aliphatic heterocycles. The Morgan fingerprint density at radius 2 is 1.42 bits per heavy atom. The zero-order valence-corrected chi connectivity index (χ0v) is 30.0. The monoisotopic (exact) mass is 703 g/mol. The molecular formula is C48H40F3NO. The summed E-state index contributed by atoms with van der Waals surface area (Å²) >= 11 is 0. The van der Waals surface area contributed by atoms with Gasteiger partial charge in [-0.3, -0.25) is 0 Å². The highest BCUT2D eigenvalue weighted by molar-refractivity contribution is 6.08. The van der Waals surface area contributed by atoms with E-state index in [-0.39, 0.29) is 0 Å². The fourth-order valence-electron chi connectivity index (χ4n) is 9.74. The quantitative estimate of drug-likeness (QED) is 0.182. The Morgan fingerprint density at radius 3 is 2.17 bits per heavy atom. The molecule has 1 saturated heterocycles. The van der Waals surface area contributed by atoms with Crippen molar-refractivity contribution >= 4 is 39.4 Å². The number of fused-ring (bicyclic) bond motifs is 11. The molecule has 2 nitrogen and oxygen atoms in total. The number of hydrogen-bond acceptors (Lipinski definition) is 2. The molecule has 0 saturated carbocycles. The third-order valence-corrected chi connectivity index (χ3v) is 12.3. The van der Waals surface area contributed by atoms with Crippen molar-refractivity contribution in [2.24, 2.45) is 0 Å². The van der Waals surface area contributed by atoms with E-state index in [1.165, 1.54) is 53.6 Å². The number of hydrogen-bond donors (Lipinski definition) is 0. The molecule has 0 N–H and O–H groups in total. The van der Waals surface area contributed by atoms with Gasteiger partial charge >= 0.3 is 6.18 Å². The summed E-state index contributed by atoms with van der Waals surface area (Å²) in [5.41, 5.74) is 8.11. The molecule has 0 bridgehead atoms. The predicted molar refractivity (Wildman–Crippen MR) is 211 cm³/mol. The van der Waals surface area contributed by atoms with Crippen LogP contribution in [0, 0.1) is 0 Å². The first kappa shape index (κ1) is 32.4. The van der Waals surface area contributed by atoms with Gasteiger partial charge in [0.1, 0.15) is 5.75 Å². The minimum atomic E-state index is -4.43. The predicted octanol–water partition coefficient (Wildman–Crippen LogP) is 12.6. The minimum absolute atomic E-state index is 0.622. The molecule has 0 amide bonds. The molecule has 1 unspecified atom stereocenters. The van der Waals surface area contributed by atoms with Crippen molar-refractivity contribution in [1.29, 1.82) is 0 Å². The van der Waals surface area contributed by atoms with Crippen LogP contribution in [0.3, 0.4) is 0 Å². The molecule has 53 heavy (non-hydrogen) atoms. The molecule has 6 aromatic rings. The molecule has 2 heterocycles. The summed E-state index contributed by atoms with van der Waals surface area (Å²) in [5, 5.41) is 4.29. The van der Waals surface area contributed by atoms with Crippen LogP contribution in [0.5, 0.6) is 5.75 Å². The molecule has 0 spiro atoms. The van der Waals surface area contributed by atoms with E-state index in [1.807, 2.05) is 26.0 Å². The van der Waals surface area contributed by atoms with Gasteiger partial charge in [0.25, 0.3) is 0 Å². The van der Waals surface area contributed by atoms with Crippen LogP contribution < -0.4 is 9.64 Å². The number of allylic oxidation sites excluding steroid dienone is 1. The van der Waals surface area contributed by atoms with Gasteiger partial charge in [-0.25, -0.2) is 0 Å². The van der Waals surface area contributed by atoms with Crippen LogP contribution in [0.25, 0.3) is 44.8 Å². The van der Waals surface area contributed by atoms with Gasteiger partial charge in [0.15, 0.2) is 5.60 Å². The Balaban J connectivity index is 1.24. The molecule has 5 heteroatoms. The van der Waals surface area contributed by atoms with Gasteiger partial charge in [0.05, 0.1) is 5.56 Å². The fraction of sp³-hybridized carbons (Fsp3) is 0.250. The van der Waals surface area contributed by atoms with Crippen LogP contribution in [-0.2, 0) is 23.6 Å². The van der Waals surface area contributed by atoms with Crippen molar-refractivity contribution in [1.82, 2.24) is 0 Å². The number of halogens is 3. The number of rotatable bonds is 3. The lowest BCUT2D eigenvalue weighted by Gasteiger charge is -2.40. The summed E-state index contributed by atoms with van der Waals surface area (Å²) in [6.07, 6.45) is 10.2. The maximum absolute atomic E-state index is 14.1. The highest BCUT2D eigenvalue weighted by atomic mass is 19.4. The third-order valence-electron chi connectivity index (χ3n) is 12.3. The topological polar surface area (TPSA) is 12.5 Å². The Morgan fingerprint density at radius 1 is 0.698 bits per heavy atom. The minimum Gasteiger partial charge on any atom is -0.472 e. The molecular weight excluding hydrogens is 664 g/mol. The Bertz CT molecular complexity index is 2530. The van der Waals surface area contributed by atoms with Crippen LogP contribution in [0.15, 0.2) is 109 Å². The number of aryl methyl sites for hydroxylation is 1. The lowest BCUT2D eigenvalue weighted by Crippen LogP contribution is -2.36. The SMILES string of the molecule is CC1(C)c2cc(C(F)(F)F)ccc2-c2c1c1c(c3ccccc23)OC(c2ccc(N3CCCCC3)cc2)(c2cc3c(c4ccccc24)C=CCC3)C=C1. The van der Waals surface area contributed by atoms with Gasteiger partial charge in [-0.1, -0.05) is 98.8 Å². The van der Waals surface area contributed by atoms with Gasteiger partial charge in [-0.15, -0.1) is 0 Å². The Labute approximate surface area is 308 Å². The summed E-state index contributed by atoms with van der Waals surface area (Å²) in [4.78, 5) is 2.48. The molecule has 2 aliphatic carbocycles. The molecule has 1 fully saturated rings. The molecule has 0 radical (unpaired) electrons. The maximum atomic E-state index is 14.1. The van der Waals surface area contributed by atoms with Crippen molar-refractivity contribution in [3.05, 3.63) is 154 Å². The van der Waals surface area contributed by atoms with Crippen molar-refractivity contribution in [2.75, 3.05) is 18.0 Å². The normalized spacial score (nSPS) is 19.8. The van der Waals surface area contributed by atoms with E-state index in [1.54, 1.807) is 6.07 Å². The Hall–Kier alpha value is -5.29. The van der Waals surface area contributed by atoms with E-state index in [0.717, 1.165) is 81.2 Å². The van der Waals surface area contributed by atoms with E-state index < -0.39 is 22.8 Å². The largest absolute Gasteiger partial charge is 0.472 e. The summed E-state index contributed by atoms with van der Waals surface area (Å²) in [5.74, 6) is 0.764. The summed E-state index contributed by atoms with van der Waals surface area (Å²) in [6.45, 7) is 6.23. The molecule has 1 atom stereocenters. The summed E-state index contributed by atoms with van der Waals surface area (Å²) < 4.78 is 49.9. The number of anilines is 1. The second kappa shape index (κ2) is 11.6. The summed E-state index contributed by atoms with van der Waals surface area (Å²) in [6, 6.07) is 32.5. The lowest BCUT2D eigenvalue weighted by molar-refractivity contribution is -0.137. The molecule has 0 aromatic heterocycles. The maximum Gasteiger partial charge on any atom is 0.416 e. The van der Waals surface area contributed by atoms with E-state index in [0.29, 0.717) is 5.56 Å². The average molecular weight is 704 g/mol. The van der Waals surface area contributed by atoms with Gasteiger partial charge in [-0.2, -0.15) is 13.2 Å².